The SMILES string of the molecule is COCCNc1nc2ccc(C)cc2s1. The fourth-order valence-corrected chi connectivity index (χ4v) is 2.36. The van der Waals surface area contributed by atoms with E-state index in [1.165, 1.54) is 10.3 Å². The highest BCUT2D eigenvalue weighted by Gasteiger charge is 2.02. The van der Waals surface area contributed by atoms with Crippen molar-refractivity contribution in [2.45, 2.75) is 6.92 Å². The maximum atomic E-state index is 4.97. The molecule has 0 radical (unpaired) electrons. The Bertz CT molecular complexity index is 453. The highest BCUT2D eigenvalue weighted by atomic mass is 32.1. The molecule has 1 N–H and O–H groups in total. The van der Waals surface area contributed by atoms with Crippen molar-refractivity contribution in [3.63, 3.8) is 0 Å². The molecule has 0 saturated heterocycles. The van der Waals surface area contributed by atoms with Crippen LogP contribution in [-0.4, -0.2) is 25.2 Å². The van der Waals surface area contributed by atoms with Crippen LogP contribution in [0.1, 0.15) is 5.56 Å². The summed E-state index contributed by atoms with van der Waals surface area (Å²) in [6.07, 6.45) is 0. The van der Waals surface area contributed by atoms with E-state index in [1.807, 2.05) is 0 Å². The topological polar surface area (TPSA) is 34.1 Å². The van der Waals surface area contributed by atoms with Gasteiger partial charge < -0.3 is 10.1 Å². The lowest BCUT2D eigenvalue weighted by Crippen LogP contribution is -2.06. The molecule has 0 bridgehead atoms. The largest absolute Gasteiger partial charge is 0.383 e. The number of thiazole rings is 1. The minimum absolute atomic E-state index is 0.703. The van der Waals surface area contributed by atoms with E-state index in [9.17, 15) is 0 Å². The third kappa shape index (κ3) is 2.46. The molecule has 2 rings (SSSR count). The number of hydrogen-bond donors (Lipinski definition) is 1. The molecular formula is C11H14N2OS. The van der Waals surface area contributed by atoms with E-state index >= 15 is 0 Å². The van der Waals surface area contributed by atoms with E-state index in [2.05, 4.69) is 35.4 Å². The van der Waals surface area contributed by atoms with E-state index in [1.54, 1.807) is 18.4 Å². The average Bonchev–Trinajstić information content (AvgIpc) is 2.60. The first kappa shape index (κ1) is 10.4. The predicted molar refractivity (Wildman–Crippen MR) is 64.7 cm³/mol. The number of aromatic nitrogens is 1. The second-order valence-electron chi connectivity index (χ2n) is 3.41. The lowest BCUT2D eigenvalue weighted by molar-refractivity contribution is 0.211. The first-order valence-electron chi connectivity index (χ1n) is 4.89. The van der Waals surface area contributed by atoms with E-state index in [-0.39, 0.29) is 0 Å². The molecule has 4 heteroatoms. The minimum Gasteiger partial charge on any atom is -0.383 e. The Morgan fingerprint density at radius 2 is 2.33 bits per heavy atom. The number of aryl methyl sites for hydroxylation is 1. The summed E-state index contributed by atoms with van der Waals surface area (Å²) in [7, 11) is 1.70. The molecule has 0 unspecified atom stereocenters. The summed E-state index contributed by atoms with van der Waals surface area (Å²) in [6, 6.07) is 6.30. The van der Waals surface area contributed by atoms with Crippen molar-refractivity contribution < 1.29 is 4.74 Å². The number of hydrogen-bond acceptors (Lipinski definition) is 4. The van der Waals surface area contributed by atoms with Gasteiger partial charge in [0.1, 0.15) is 0 Å². The number of anilines is 1. The summed E-state index contributed by atoms with van der Waals surface area (Å²) in [4.78, 5) is 4.48. The second-order valence-corrected chi connectivity index (χ2v) is 4.44. The number of nitrogens with zero attached hydrogens (tertiary/aromatic N) is 1. The molecule has 0 fully saturated rings. The summed E-state index contributed by atoms with van der Waals surface area (Å²) in [5, 5.41) is 4.20. The number of ether oxygens (including phenoxy) is 1. The Morgan fingerprint density at radius 3 is 3.13 bits per heavy atom. The Balaban J connectivity index is 2.16. The molecule has 3 nitrogen and oxygen atoms in total. The Kier molecular flexibility index (Phi) is 3.18. The molecule has 1 aromatic carbocycles. The van der Waals surface area contributed by atoms with Gasteiger partial charge in [0.05, 0.1) is 16.8 Å². The third-order valence-electron chi connectivity index (χ3n) is 2.13. The highest BCUT2D eigenvalue weighted by Crippen LogP contribution is 2.26. The summed E-state index contributed by atoms with van der Waals surface area (Å²) in [5.74, 6) is 0. The van der Waals surface area contributed by atoms with Crippen LogP contribution in [0.25, 0.3) is 10.2 Å². The van der Waals surface area contributed by atoms with E-state index in [4.69, 9.17) is 4.74 Å². The normalized spacial score (nSPS) is 10.8. The molecule has 1 aromatic heterocycles. The quantitative estimate of drug-likeness (QED) is 0.808. The van der Waals surface area contributed by atoms with Crippen molar-refractivity contribution >= 4 is 26.7 Å². The van der Waals surface area contributed by atoms with Crippen LogP contribution in [0, 0.1) is 6.92 Å². The molecule has 0 aliphatic heterocycles. The van der Waals surface area contributed by atoms with Crippen molar-refractivity contribution in [2.75, 3.05) is 25.6 Å². The van der Waals surface area contributed by atoms with Crippen LogP contribution < -0.4 is 5.32 Å². The van der Waals surface area contributed by atoms with Crippen LogP contribution >= 0.6 is 11.3 Å². The van der Waals surface area contributed by atoms with Gasteiger partial charge in [0.15, 0.2) is 5.13 Å². The monoisotopic (exact) mass is 222 g/mol. The van der Waals surface area contributed by atoms with E-state index in [0.29, 0.717) is 6.61 Å². The van der Waals surface area contributed by atoms with Gasteiger partial charge in [-0.2, -0.15) is 0 Å². The Morgan fingerprint density at radius 1 is 1.47 bits per heavy atom. The van der Waals surface area contributed by atoms with Gasteiger partial charge in [0, 0.05) is 13.7 Å². The van der Waals surface area contributed by atoms with Crippen LogP contribution in [0.5, 0.6) is 0 Å². The highest BCUT2D eigenvalue weighted by molar-refractivity contribution is 7.22. The smallest absolute Gasteiger partial charge is 0.183 e. The number of benzene rings is 1. The van der Waals surface area contributed by atoms with Crippen molar-refractivity contribution in [1.82, 2.24) is 4.98 Å². The fraction of sp³-hybridized carbons (Fsp3) is 0.364. The minimum atomic E-state index is 0.703. The van der Waals surface area contributed by atoms with Gasteiger partial charge in [-0.15, -0.1) is 0 Å². The second kappa shape index (κ2) is 4.59. The molecule has 2 aromatic rings. The molecular weight excluding hydrogens is 208 g/mol. The zero-order chi connectivity index (χ0) is 10.7. The first-order chi connectivity index (χ1) is 7.29. The summed E-state index contributed by atoms with van der Waals surface area (Å²) < 4.78 is 6.20. The molecule has 0 aliphatic rings. The van der Waals surface area contributed by atoms with Gasteiger partial charge in [-0.05, 0) is 24.6 Å². The summed E-state index contributed by atoms with van der Waals surface area (Å²) in [5.41, 5.74) is 2.33. The number of rotatable bonds is 4. The maximum absolute atomic E-state index is 4.97. The van der Waals surface area contributed by atoms with Crippen LogP contribution in [0.4, 0.5) is 5.13 Å². The molecule has 80 valence electrons. The van der Waals surface area contributed by atoms with Gasteiger partial charge in [-0.1, -0.05) is 17.4 Å². The van der Waals surface area contributed by atoms with Gasteiger partial charge in [-0.25, -0.2) is 4.98 Å². The zero-order valence-corrected chi connectivity index (χ0v) is 9.73. The number of nitrogens with one attached hydrogen (secondary N) is 1. The summed E-state index contributed by atoms with van der Waals surface area (Å²) >= 11 is 1.68. The maximum Gasteiger partial charge on any atom is 0.183 e. The van der Waals surface area contributed by atoms with Crippen LogP contribution in [-0.2, 0) is 4.74 Å². The molecule has 0 saturated carbocycles. The zero-order valence-electron chi connectivity index (χ0n) is 8.91. The van der Waals surface area contributed by atoms with Gasteiger partial charge in [0.25, 0.3) is 0 Å². The van der Waals surface area contributed by atoms with Crippen LogP contribution in [0.15, 0.2) is 18.2 Å². The lowest BCUT2D eigenvalue weighted by atomic mass is 10.2. The fourth-order valence-electron chi connectivity index (χ4n) is 1.37. The van der Waals surface area contributed by atoms with Crippen molar-refractivity contribution in [3.05, 3.63) is 23.8 Å². The Labute approximate surface area is 93.1 Å². The molecule has 0 spiro atoms. The van der Waals surface area contributed by atoms with Crippen molar-refractivity contribution in [2.24, 2.45) is 0 Å². The third-order valence-corrected chi connectivity index (χ3v) is 3.10. The number of fused-ring (bicyclic) bond motifs is 1. The molecule has 1 heterocycles. The van der Waals surface area contributed by atoms with Gasteiger partial charge in [-0.3, -0.25) is 0 Å². The van der Waals surface area contributed by atoms with Crippen LogP contribution in [0.2, 0.25) is 0 Å². The molecule has 0 amide bonds. The Hall–Kier alpha value is -1.13. The molecule has 15 heavy (non-hydrogen) atoms. The van der Waals surface area contributed by atoms with Crippen molar-refractivity contribution in [1.29, 1.82) is 0 Å². The van der Waals surface area contributed by atoms with Crippen LogP contribution in [0.3, 0.4) is 0 Å². The first-order valence-corrected chi connectivity index (χ1v) is 5.71. The lowest BCUT2D eigenvalue weighted by Gasteiger charge is -1.99. The average molecular weight is 222 g/mol. The van der Waals surface area contributed by atoms with Gasteiger partial charge in [0.2, 0.25) is 0 Å². The van der Waals surface area contributed by atoms with E-state index < -0.39 is 0 Å². The number of methoxy groups -OCH3 is 1. The van der Waals surface area contributed by atoms with Crippen molar-refractivity contribution in [3.8, 4) is 0 Å². The standard InChI is InChI=1S/C11H14N2OS/c1-8-3-4-9-10(7-8)15-11(13-9)12-5-6-14-2/h3-4,7H,5-6H2,1-2H3,(H,12,13). The summed E-state index contributed by atoms with van der Waals surface area (Å²) in [6.45, 7) is 3.60. The van der Waals surface area contributed by atoms with Gasteiger partial charge >= 0.3 is 0 Å². The molecule has 0 aliphatic carbocycles. The molecule has 0 atom stereocenters. The predicted octanol–water partition coefficient (Wildman–Crippen LogP) is 2.66. The van der Waals surface area contributed by atoms with E-state index in [0.717, 1.165) is 17.2 Å².